The van der Waals surface area contributed by atoms with Crippen LogP contribution in [0.2, 0.25) is 5.02 Å². The summed E-state index contributed by atoms with van der Waals surface area (Å²) in [6.45, 7) is 0. The molecule has 0 atom stereocenters. The van der Waals surface area contributed by atoms with Gasteiger partial charge in [-0.3, -0.25) is 0 Å². The number of benzene rings is 2. The van der Waals surface area contributed by atoms with Gasteiger partial charge in [0.2, 0.25) is 0 Å². The van der Waals surface area contributed by atoms with Crippen molar-refractivity contribution in [2.75, 3.05) is 5.32 Å². The third kappa shape index (κ3) is 2.66. The van der Waals surface area contributed by atoms with Gasteiger partial charge in [0, 0.05) is 17.3 Å². The highest BCUT2D eigenvalue weighted by atomic mass is 35.5. The van der Waals surface area contributed by atoms with Gasteiger partial charge in [0.15, 0.2) is 0 Å². The standard InChI is InChI=1S/C16H11ClN2O2/c17-13-9-18-15(8-12(13)16(20)21)19-14-7-3-5-10-4-1-2-6-11(10)14/h1-9H,(H,18,19)(H,20,21). The summed E-state index contributed by atoms with van der Waals surface area (Å²) in [5.74, 6) is -0.642. The number of aromatic nitrogens is 1. The fraction of sp³-hybridized carbons (Fsp3) is 0. The van der Waals surface area contributed by atoms with Crippen LogP contribution in [-0.4, -0.2) is 16.1 Å². The number of pyridine rings is 1. The fourth-order valence-electron chi connectivity index (χ4n) is 2.14. The minimum absolute atomic E-state index is 0.0226. The number of hydrogen-bond acceptors (Lipinski definition) is 3. The average molecular weight is 299 g/mol. The first-order valence-electron chi connectivity index (χ1n) is 6.29. The van der Waals surface area contributed by atoms with E-state index in [2.05, 4.69) is 10.3 Å². The number of fused-ring (bicyclic) bond motifs is 1. The van der Waals surface area contributed by atoms with Crippen LogP contribution in [0.25, 0.3) is 10.8 Å². The summed E-state index contributed by atoms with van der Waals surface area (Å²) < 4.78 is 0. The predicted molar refractivity (Wildman–Crippen MR) is 83.4 cm³/mol. The molecule has 0 radical (unpaired) electrons. The van der Waals surface area contributed by atoms with Gasteiger partial charge in [-0.15, -0.1) is 0 Å². The minimum atomic E-state index is -1.08. The van der Waals surface area contributed by atoms with Gasteiger partial charge in [-0.05, 0) is 17.5 Å². The highest BCUT2D eigenvalue weighted by Crippen LogP contribution is 2.27. The van der Waals surface area contributed by atoms with Crippen molar-refractivity contribution in [1.82, 2.24) is 4.98 Å². The highest BCUT2D eigenvalue weighted by molar-refractivity contribution is 6.33. The molecule has 0 aliphatic carbocycles. The third-order valence-electron chi connectivity index (χ3n) is 3.14. The number of anilines is 2. The summed E-state index contributed by atoms with van der Waals surface area (Å²) in [7, 11) is 0. The van der Waals surface area contributed by atoms with E-state index in [1.165, 1.54) is 12.3 Å². The van der Waals surface area contributed by atoms with E-state index in [4.69, 9.17) is 16.7 Å². The number of nitrogens with one attached hydrogen (secondary N) is 1. The molecule has 0 aliphatic rings. The van der Waals surface area contributed by atoms with Gasteiger partial charge in [-0.25, -0.2) is 9.78 Å². The number of aromatic carboxylic acids is 1. The Bertz CT molecular complexity index is 828. The second-order valence-corrected chi connectivity index (χ2v) is 4.91. The second kappa shape index (κ2) is 5.42. The van der Waals surface area contributed by atoms with Gasteiger partial charge < -0.3 is 10.4 Å². The summed E-state index contributed by atoms with van der Waals surface area (Å²) in [6.07, 6.45) is 1.33. The van der Waals surface area contributed by atoms with Crippen molar-refractivity contribution in [3.63, 3.8) is 0 Å². The van der Waals surface area contributed by atoms with E-state index in [9.17, 15) is 4.79 Å². The Morgan fingerprint density at radius 2 is 1.90 bits per heavy atom. The molecule has 0 bridgehead atoms. The number of nitrogens with zero attached hydrogens (tertiary/aromatic N) is 1. The molecule has 0 saturated heterocycles. The normalized spacial score (nSPS) is 10.5. The molecule has 1 aromatic heterocycles. The van der Waals surface area contributed by atoms with Crippen molar-refractivity contribution >= 4 is 39.8 Å². The lowest BCUT2D eigenvalue weighted by Gasteiger charge is -2.10. The van der Waals surface area contributed by atoms with Crippen molar-refractivity contribution in [2.45, 2.75) is 0 Å². The zero-order valence-corrected chi connectivity index (χ0v) is 11.6. The third-order valence-corrected chi connectivity index (χ3v) is 3.44. The first-order valence-corrected chi connectivity index (χ1v) is 6.66. The zero-order chi connectivity index (χ0) is 14.8. The molecule has 3 rings (SSSR count). The molecule has 0 saturated carbocycles. The Hall–Kier alpha value is -2.59. The molecule has 0 aliphatic heterocycles. The maximum Gasteiger partial charge on any atom is 0.337 e. The quantitative estimate of drug-likeness (QED) is 0.755. The molecule has 5 heteroatoms. The molecule has 0 fully saturated rings. The fourth-order valence-corrected chi connectivity index (χ4v) is 2.33. The second-order valence-electron chi connectivity index (χ2n) is 4.51. The van der Waals surface area contributed by atoms with Gasteiger partial charge in [0.25, 0.3) is 0 Å². The Balaban J connectivity index is 2.03. The van der Waals surface area contributed by atoms with Gasteiger partial charge in [0.1, 0.15) is 5.82 Å². The molecule has 4 nitrogen and oxygen atoms in total. The van der Waals surface area contributed by atoms with Crippen LogP contribution in [0.3, 0.4) is 0 Å². The van der Waals surface area contributed by atoms with Crippen LogP contribution >= 0.6 is 11.6 Å². The van der Waals surface area contributed by atoms with Crippen LogP contribution in [-0.2, 0) is 0 Å². The SMILES string of the molecule is O=C(O)c1cc(Nc2cccc3ccccc23)ncc1Cl. The Morgan fingerprint density at radius 3 is 2.71 bits per heavy atom. The first kappa shape index (κ1) is 13.4. The number of carboxylic acid groups (broad SMARTS) is 1. The molecular formula is C16H11ClN2O2. The van der Waals surface area contributed by atoms with Gasteiger partial charge in [0.05, 0.1) is 10.6 Å². The van der Waals surface area contributed by atoms with Crippen LogP contribution in [0.15, 0.2) is 54.7 Å². The lowest BCUT2D eigenvalue weighted by molar-refractivity contribution is 0.0697. The van der Waals surface area contributed by atoms with Crippen LogP contribution in [0.4, 0.5) is 11.5 Å². The molecule has 0 amide bonds. The van der Waals surface area contributed by atoms with E-state index >= 15 is 0 Å². The van der Waals surface area contributed by atoms with Gasteiger partial charge in [-0.2, -0.15) is 0 Å². The van der Waals surface area contributed by atoms with Crippen molar-refractivity contribution in [2.24, 2.45) is 0 Å². The Labute approximate surface area is 126 Å². The highest BCUT2D eigenvalue weighted by Gasteiger charge is 2.11. The smallest absolute Gasteiger partial charge is 0.337 e. The number of rotatable bonds is 3. The summed E-state index contributed by atoms with van der Waals surface area (Å²) in [5.41, 5.74) is 0.883. The Morgan fingerprint density at radius 1 is 1.14 bits per heavy atom. The van der Waals surface area contributed by atoms with Crippen LogP contribution in [0.1, 0.15) is 10.4 Å². The predicted octanol–water partition coefficient (Wildman–Crippen LogP) is 4.33. The molecule has 3 aromatic rings. The summed E-state index contributed by atoms with van der Waals surface area (Å²) in [4.78, 5) is 15.2. The van der Waals surface area contributed by atoms with Crippen molar-refractivity contribution in [3.8, 4) is 0 Å². The van der Waals surface area contributed by atoms with Crippen LogP contribution < -0.4 is 5.32 Å². The van der Waals surface area contributed by atoms with Gasteiger partial charge >= 0.3 is 5.97 Å². The lowest BCUT2D eigenvalue weighted by atomic mass is 10.1. The largest absolute Gasteiger partial charge is 0.478 e. The summed E-state index contributed by atoms with van der Waals surface area (Å²) in [5, 5.41) is 14.5. The summed E-state index contributed by atoms with van der Waals surface area (Å²) >= 11 is 5.82. The van der Waals surface area contributed by atoms with Crippen molar-refractivity contribution < 1.29 is 9.90 Å². The molecule has 21 heavy (non-hydrogen) atoms. The zero-order valence-electron chi connectivity index (χ0n) is 10.9. The van der Waals surface area contributed by atoms with Crippen molar-refractivity contribution in [1.29, 1.82) is 0 Å². The molecule has 0 unspecified atom stereocenters. The van der Waals surface area contributed by atoms with Crippen LogP contribution in [0, 0.1) is 0 Å². The van der Waals surface area contributed by atoms with Crippen molar-refractivity contribution in [3.05, 3.63) is 65.3 Å². The first-order chi connectivity index (χ1) is 10.1. The maximum atomic E-state index is 11.1. The number of halogens is 1. The lowest BCUT2D eigenvalue weighted by Crippen LogP contribution is -2.01. The van der Waals surface area contributed by atoms with E-state index < -0.39 is 5.97 Å². The van der Waals surface area contributed by atoms with Crippen LogP contribution in [0.5, 0.6) is 0 Å². The summed E-state index contributed by atoms with van der Waals surface area (Å²) in [6, 6.07) is 15.2. The molecule has 2 N–H and O–H groups in total. The van der Waals surface area contributed by atoms with E-state index in [1.807, 2.05) is 42.5 Å². The Kier molecular flexibility index (Phi) is 3.46. The minimum Gasteiger partial charge on any atom is -0.478 e. The van der Waals surface area contributed by atoms with E-state index in [-0.39, 0.29) is 10.6 Å². The topological polar surface area (TPSA) is 62.2 Å². The monoisotopic (exact) mass is 298 g/mol. The number of carboxylic acids is 1. The van der Waals surface area contributed by atoms with E-state index in [1.54, 1.807) is 0 Å². The van der Waals surface area contributed by atoms with Gasteiger partial charge in [-0.1, -0.05) is 48.0 Å². The molecular weight excluding hydrogens is 288 g/mol. The average Bonchev–Trinajstić information content (AvgIpc) is 2.49. The maximum absolute atomic E-state index is 11.1. The molecule has 104 valence electrons. The molecule has 1 heterocycles. The molecule has 0 spiro atoms. The van der Waals surface area contributed by atoms with E-state index in [0.29, 0.717) is 5.82 Å². The molecule has 2 aromatic carbocycles. The number of hydrogen-bond donors (Lipinski definition) is 2. The number of carbonyl (C=O) groups is 1. The van der Waals surface area contributed by atoms with E-state index in [0.717, 1.165) is 16.5 Å².